The molecule has 7 nitrogen and oxygen atoms in total. The maximum absolute atomic E-state index is 12.9. The zero-order valence-corrected chi connectivity index (χ0v) is 34.0. The largest absolute Gasteiger partial charge is 0.496 e. The average Bonchev–Trinajstić information content (AvgIpc) is 3.19. The predicted molar refractivity (Wildman–Crippen MR) is 223 cm³/mol. The first-order valence-corrected chi connectivity index (χ1v) is 21.2. The van der Waals surface area contributed by atoms with Gasteiger partial charge in [0.2, 0.25) is 0 Å². The van der Waals surface area contributed by atoms with E-state index in [1.165, 1.54) is 103 Å². The van der Waals surface area contributed by atoms with Gasteiger partial charge in [-0.3, -0.25) is 0 Å². The third kappa shape index (κ3) is 17.4. The SMILES string of the molecule is COc1ccccc1COCCCCCC[N+](C)(C)CCCCCCCCCCCCN1CCC(OC(=O)NC(c2ccccc2)c2ccccc2)CC1. The van der Waals surface area contributed by atoms with E-state index in [1.54, 1.807) is 7.11 Å². The first-order chi connectivity index (χ1) is 26.4. The summed E-state index contributed by atoms with van der Waals surface area (Å²) in [6.07, 6.45) is 20.1. The van der Waals surface area contributed by atoms with Crippen LogP contribution in [0.2, 0.25) is 0 Å². The number of nitrogens with zero attached hydrogens (tertiary/aromatic N) is 2. The molecular weight excluding hydrogens is 671 g/mol. The lowest BCUT2D eigenvalue weighted by molar-refractivity contribution is -0.890. The van der Waals surface area contributed by atoms with Crippen LogP contribution in [0, 0.1) is 0 Å². The molecule has 1 N–H and O–H groups in total. The number of piperidine rings is 1. The minimum Gasteiger partial charge on any atom is -0.496 e. The van der Waals surface area contributed by atoms with Crippen molar-refractivity contribution in [1.29, 1.82) is 0 Å². The highest BCUT2D eigenvalue weighted by Gasteiger charge is 2.24. The molecule has 0 radical (unpaired) electrons. The summed E-state index contributed by atoms with van der Waals surface area (Å²) < 4.78 is 18.4. The summed E-state index contributed by atoms with van der Waals surface area (Å²) in [6, 6.07) is 28.1. The molecule has 0 unspecified atom stereocenters. The number of amides is 1. The topological polar surface area (TPSA) is 60.0 Å². The van der Waals surface area contributed by atoms with Crippen LogP contribution in [-0.2, 0) is 16.1 Å². The lowest BCUT2D eigenvalue weighted by Gasteiger charge is -2.32. The Balaban J connectivity index is 0.911. The molecule has 1 saturated heterocycles. The van der Waals surface area contributed by atoms with Crippen LogP contribution in [0.25, 0.3) is 0 Å². The van der Waals surface area contributed by atoms with Crippen molar-refractivity contribution in [1.82, 2.24) is 10.2 Å². The lowest BCUT2D eigenvalue weighted by Crippen LogP contribution is -2.41. The van der Waals surface area contributed by atoms with Crippen LogP contribution in [0.4, 0.5) is 4.79 Å². The van der Waals surface area contributed by atoms with Gasteiger partial charge in [0.25, 0.3) is 0 Å². The molecule has 1 heterocycles. The number of ether oxygens (including phenoxy) is 3. The van der Waals surface area contributed by atoms with Crippen LogP contribution in [0.15, 0.2) is 84.9 Å². The first kappa shape index (κ1) is 43.3. The Morgan fingerprint density at radius 1 is 0.685 bits per heavy atom. The maximum Gasteiger partial charge on any atom is 0.408 e. The summed E-state index contributed by atoms with van der Waals surface area (Å²) >= 11 is 0. The van der Waals surface area contributed by atoms with E-state index < -0.39 is 0 Å². The molecule has 4 rings (SSSR count). The van der Waals surface area contributed by atoms with Gasteiger partial charge in [0.1, 0.15) is 11.9 Å². The molecule has 0 saturated carbocycles. The molecule has 54 heavy (non-hydrogen) atoms. The second-order valence-electron chi connectivity index (χ2n) is 16.0. The van der Waals surface area contributed by atoms with Crippen molar-refractivity contribution in [2.24, 2.45) is 0 Å². The van der Waals surface area contributed by atoms with Gasteiger partial charge in [-0.25, -0.2) is 4.79 Å². The van der Waals surface area contributed by atoms with Gasteiger partial charge in [-0.1, -0.05) is 130 Å². The number of methoxy groups -OCH3 is 1. The molecule has 3 aromatic carbocycles. The van der Waals surface area contributed by atoms with E-state index in [-0.39, 0.29) is 18.2 Å². The van der Waals surface area contributed by atoms with Gasteiger partial charge in [-0.05, 0) is 75.1 Å². The van der Waals surface area contributed by atoms with E-state index in [0.29, 0.717) is 6.61 Å². The number of benzene rings is 3. The van der Waals surface area contributed by atoms with Crippen LogP contribution in [0.5, 0.6) is 5.75 Å². The number of carbonyl (C=O) groups is 1. The van der Waals surface area contributed by atoms with Crippen molar-refractivity contribution >= 4 is 6.09 Å². The smallest absolute Gasteiger partial charge is 0.408 e. The molecule has 298 valence electrons. The molecule has 0 bridgehead atoms. The van der Waals surface area contributed by atoms with Crippen molar-refractivity contribution in [3.05, 3.63) is 102 Å². The number of para-hydroxylation sites is 1. The summed E-state index contributed by atoms with van der Waals surface area (Å²) in [4.78, 5) is 15.5. The summed E-state index contributed by atoms with van der Waals surface area (Å²) in [6.45, 7) is 7.21. The molecule has 1 amide bonds. The highest BCUT2D eigenvalue weighted by molar-refractivity contribution is 5.69. The first-order valence-electron chi connectivity index (χ1n) is 21.2. The van der Waals surface area contributed by atoms with Crippen molar-refractivity contribution in [2.45, 2.75) is 121 Å². The number of unbranched alkanes of at least 4 members (excludes halogenated alkanes) is 12. The number of likely N-dealkylation sites (tertiary alicyclic amines) is 1. The van der Waals surface area contributed by atoms with Gasteiger partial charge in [-0.15, -0.1) is 0 Å². The Morgan fingerprint density at radius 2 is 1.19 bits per heavy atom. The van der Waals surface area contributed by atoms with E-state index >= 15 is 0 Å². The number of hydrogen-bond acceptors (Lipinski definition) is 5. The van der Waals surface area contributed by atoms with Crippen LogP contribution in [-0.4, -0.2) is 82.1 Å². The maximum atomic E-state index is 12.9. The Labute approximate surface area is 328 Å². The fraction of sp³-hybridized carbons (Fsp3) is 0.596. The fourth-order valence-electron chi connectivity index (χ4n) is 7.71. The summed E-state index contributed by atoms with van der Waals surface area (Å²) in [5, 5.41) is 3.13. The lowest BCUT2D eigenvalue weighted by atomic mass is 9.99. The van der Waals surface area contributed by atoms with E-state index in [2.05, 4.69) is 54.6 Å². The van der Waals surface area contributed by atoms with Gasteiger partial charge in [0.15, 0.2) is 0 Å². The zero-order chi connectivity index (χ0) is 38.1. The van der Waals surface area contributed by atoms with Crippen molar-refractivity contribution < 1.29 is 23.5 Å². The number of carbonyl (C=O) groups excluding carboxylic acids is 1. The molecule has 0 aromatic heterocycles. The average molecular weight is 743 g/mol. The molecule has 1 aliphatic rings. The molecule has 1 fully saturated rings. The van der Waals surface area contributed by atoms with Gasteiger partial charge >= 0.3 is 6.09 Å². The second-order valence-corrected chi connectivity index (χ2v) is 16.0. The molecule has 7 heteroatoms. The Morgan fingerprint density at radius 3 is 1.76 bits per heavy atom. The second kappa shape index (κ2) is 25.6. The van der Waals surface area contributed by atoms with E-state index in [0.717, 1.165) is 65.9 Å². The monoisotopic (exact) mass is 743 g/mol. The number of nitrogens with one attached hydrogen (secondary N) is 1. The van der Waals surface area contributed by atoms with Gasteiger partial charge < -0.3 is 28.9 Å². The van der Waals surface area contributed by atoms with E-state index in [4.69, 9.17) is 14.2 Å². The van der Waals surface area contributed by atoms with Crippen molar-refractivity contribution in [2.75, 3.05) is 60.5 Å². The van der Waals surface area contributed by atoms with Crippen LogP contribution in [0.1, 0.15) is 125 Å². The highest BCUT2D eigenvalue weighted by atomic mass is 16.6. The number of quaternary nitrogens is 1. The normalized spacial score (nSPS) is 14.0. The third-order valence-electron chi connectivity index (χ3n) is 11.1. The van der Waals surface area contributed by atoms with Crippen LogP contribution in [0.3, 0.4) is 0 Å². The van der Waals surface area contributed by atoms with Crippen LogP contribution < -0.4 is 10.1 Å². The Hall–Kier alpha value is -3.39. The summed E-state index contributed by atoms with van der Waals surface area (Å²) in [5.74, 6) is 0.911. The molecular formula is C47H72N3O4+. The fourth-order valence-corrected chi connectivity index (χ4v) is 7.71. The van der Waals surface area contributed by atoms with Gasteiger partial charge in [0, 0.05) is 25.3 Å². The molecule has 0 atom stereocenters. The Bertz CT molecular complexity index is 1350. The zero-order valence-electron chi connectivity index (χ0n) is 34.0. The van der Waals surface area contributed by atoms with E-state index in [1.807, 2.05) is 54.6 Å². The van der Waals surface area contributed by atoms with Crippen LogP contribution >= 0.6 is 0 Å². The standard InChI is InChI=1S/C47H71N3O4/c1-50(2,38-24-12-13-25-39-53-40-43-30-20-21-31-45(43)52-3)37-23-11-9-7-5-4-6-8-10-22-34-49-35-32-44(33-36-49)54-47(51)48-46(41-26-16-14-17-27-41)42-28-18-15-19-29-42/h14-21,26-31,44,46H,4-13,22-25,32-40H2,1-3H3/p+1. The number of alkyl carbamates (subject to hydrolysis) is 1. The summed E-state index contributed by atoms with van der Waals surface area (Å²) in [7, 11) is 6.53. The number of hydrogen-bond donors (Lipinski definition) is 1. The molecule has 0 aliphatic carbocycles. The predicted octanol–water partition coefficient (Wildman–Crippen LogP) is 10.7. The van der Waals surface area contributed by atoms with E-state index in [9.17, 15) is 4.79 Å². The van der Waals surface area contributed by atoms with Crippen molar-refractivity contribution in [3.8, 4) is 5.75 Å². The Kier molecular flexibility index (Phi) is 20.6. The van der Waals surface area contributed by atoms with Gasteiger partial charge in [-0.2, -0.15) is 0 Å². The third-order valence-corrected chi connectivity index (χ3v) is 11.1. The molecule has 1 aliphatic heterocycles. The number of rotatable bonds is 27. The minimum atomic E-state index is -0.327. The molecule has 0 spiro atoms. The quantitative estimate of drug-likeness (QED) is 0.0623. The van der Waals surface area contributed by atoms with Gasteiger partial charge in [0.05, 0.1) is 46.9 Å². The van der Waals surface area contributed by atoms with Crippen molar-refractivity contribution in [3.63, 3.8) is 0 Å². The molecule has 3 aromatic rings. The summed E-state index contributed by atoms with van der Waals surface area (Å²) in [5.41, 5.74) is 3.23. The minimum absolute atomic E-state index is 0.0114. The highest BCUT2D eigenvalue weighted by Crippen LogP contribution is 2.23.